The Kier molecular flexibility index (Phi) is 6.72. The first-order valence-corrected chi connectivity index (χ1v) is 12.4. The van der Waals surface area contributed by atoms with E-state index in [9.17, 15) is 4.79 Å². The van der Waals surface area contributed by atoms with Crippen LogP contribution in [0.4, 0.5) is 0 Å². The molecule has 0 saturated carbocycles. The van der Waals surface area contributed by atoms with Gasteiger partial charge in [0.15, 0.2) is 16.7 Å². The predicted molar refractivity (Wildman–Crippen MR) is 135 cm³/mol. The van der Waals surface area contributed by atoms with E-state index in [2.05, 4.69) is 64.3 Å². The molecule has 35 heavy (non-hydrogen) atoms. The second-order valence-corrected chi connectivity index (χ2v) is 9.38. The topological polar surface area (TPSA) is 78.3 Å². The van der Waals surface area contributed by atoms with Crippen molar-refractivity contribution in [2.24, 2.45) is 0 Å². The molecule has 0 unspecified atom stereocenters. The summed E-state index contributed by atoms with van der Waals surface area (Å²) in [6.45, 7) is 4.81. The molecule has 5 rings (SSSR count). The molecule has 1 aliphatic heterocycles. The van der Waals surface area contributed by atoms with Crippen molar-refractivity contribution in [1.29, 1.82) is 0 Å². The van der Waals surface area contributed by atoms with Gasteiger partial charge in [0.2, 0.25) is 12.7 Å². The van der Waals surface area contributed by atoms with Crippen LogP contribution in [0.25, 0.3) is 5.69 Å². The van der Waals surface area contributed by atoms with Gasteiger partial charge in [-0.2, -0.15) is 0 Å². The number of carbonyl (C=O) groups is 1. The third-order valence-electron chi connectivity index (χ3n) is 5.76. The first kappa shape index (κ1) is 23.0. The molecular formula is C27H26N4O3S. The molecule has 1 amide bonds. The van der Waals surface area contributed by atoms with Gasteiger partial charge in [-0.1, -0.05) is 65.9 Å². The molecule has 0 aliphatic carbocycles. The van der Waals surface area contributed by atoms with E-state index in [0.717, 1.165) is 34.0 Å². The molecule has 0 atom stereocenters. The van der Waals surface area contributed by atoms with Gasteiger partial charge in [0.25, 0.3) is 0 Å². The first-order chi connectivity index (χ1) is 17.1. The van der Waals surface area contributed by atoms with Crippen LogP contribution in [0.2, 0.25) is 0 Å². The van der Waals surface area contributed by atoms with Gasteiger partial charge in [-0.25, -0.2) is 0 Å². The molecule has 0 bridgehead atoms. The van der Waals surface area contributed by atoms with E-state index in [1.165, 1.54) is 17.3 Å². The molecule has 0 spiro atoms. The highest BCUT2D eigenvalue weighted by molar-refractivity contribution is 7.99. The number of hydrogen-bond donors (Lipinski definition) is 1. The summed E-state index contributed by atoms with van der Waals surface area (Å²) >= 11 is 1.38. The van der Waals surface area contributed by atoms with Crippen LogP contribution in [-0.4, -0.2) is 33.2 Å². The summed E-state index contributed by atoms with van der Waals surface area (Å²) < 4.78 is 12.8. The van der Waals surface area contributed by atoms with E-state index in [1.54, 1.807) is 0 Å². The smallest absolute Gasteiger partial charge is 0.231 e. The normalized spacial score (nSPS) is 12.1. The molecule has 1 aromatic heterocycles. The van der Waals surface area contributed by atoms with Crippen LogP contribution in [0.5, 0.6) is 11.5 Å². The maximum atomic E-state index is 12.6. The summed E-state index contributed by atoms with van der Waals surface area (Å²) in [5.74, 6) is 2.43. The van der Waals surface area contributed by atoms with Crippen LogP contribution in [0.15, 0.2) is 71.9 Å². The van der Waals surface area contributed by atoms with Crippen molar-refractivity contribution in [3.05, 3.63) is 94.8 Å². The summed E-state index contributed by atoms with van der Waals surface area (Å²) in [4.78, 5) is 12.6. The second kappa shape index (κ2) is 10.2. The van der Waals surface area contributed by atoms with Crippen LogP contribution < -0.4 is 14.8 Å². The van der Waals surface area contributed by atoms with Crippen molar-refractivity contribution < 1.29 is 14.3 Å². The minimum absolute atomic E-state index is 0.0764. The Bertz CT molecular complexity index is 1350. The van der Waals surface area contributed by atoms with E-state index < -0.39 is 0 Å². The number of ether oxygens (including phenoxy) is 2. The minimum atomic E-state index is -0.0764. The van der Waals surface area contributed by atoms with Crippen LogP contribution in [0.1, 0.15) is 28.1 Å². The van der Waals surface area contributed by atoms with Gasteiger partial charge in [-0.15, -0.1) is 10.2 Å². The highest BCUT2D eigenvalue weighted by atomic mass is 32.2. The molecule has 8 heteroatoms. The molecule has 0 fully saturated rings. The number of rotatable bonds is 8. The number of nitrogens with one attached hydrogen (secondary N) is 1. The lowest BCUT2D eigenvalue weighted by Crippen LogP contribution is -2.24. The van der Waals surface area contributed by atoms with Crippen LogP contribution in [0.3, 0.4) is 0 Å². The number of aromatic nitrogens is 3. The molecule has 7 nitrogen and oxygen atoms in total. The lowest BCUT2D eigenvalue weighted by atomic mass is 10.1. The second-order valence-electron chi connectivity index (χ2n) is 8.44. The van der Waals surface area contributed by atoms with Gasteiger partial charge < -0.3 is 14.8 Å². The lowest BCUT2D eigenvalue weighted by molar-refractivity contribution is -0.118. The zero-order valence-electron chi connectivity index (χ0n) is 19.7. The molecule has 178 valence electrons. The average Bonchev–Trinajstić information content (AvgIpc) is 3.49. The maximum absolute atomic E-state index is 12.6. The van der Waals surface area contributed by atoms with Gasteiger partial charge >= 0.3 is 0 Å². The van der Waals surface area contributed by atoms with E-state index >= 15 is 0 Å². The number of benzene rings is 3. The quantitative estimate of drug-likeness (QED) is 0.367. The number of carbonyl (C=O) groups excluding carboxylic acids is 1. The summed E-state index contributed by atoms with van der Waals surface area (Å²) in [7, 11) is 0. The van der Waals surface area contributed by atoms with Crippen molar-refractivity contribution in [3.63, 3.8) is 0 Å². The van der Waals surface area contributed by atoms with Crippen molar-refractivity contribution in [1.82, 2.24) is 20.1 Å². The number of thioether (sulfide) groups is 1. The molecule has 2 heterocycles. The van der Waals surface area contributed by atoms with Gasteiger partial charge in [0.05, 0.1) is 11.4 Å². The fourth-order valence-electron chi connectivity index (χ4n) is 4.02. The standard InChI is InChI=1S/C27H26N4O3S/c1-18-8-10-22(19(2)12-18)31-25(14-20-6-4-3-5-7-20)29-30-27(31)35-16-26(32)28-15-21-9-11-23-24(13-21)34-17-33-23/h3-13H,14-17H2,1-2H3,(H,28,32). The average molecular weight is 487 g/mol. The Morgan fingerprint density at radius 2 is 1.80 bits per heavy atom. The van der Waals surface area contributed by atoms with E-state index in [0.29, 0.717) is 23.9 Å². The van der Waals surface area contributed by atoms with Crippen LogP contribution in [0, 0.1) is 13.8 Å². The minimum Gasteiger partial charge on any atom is -0.454 e. The third kappa shape index (κ3) is 5.33. The van der Waals surface area contributed by atoms with Crippen LogP contribution in [-0.2, 0) is 17.8 Å². The number of hydrogen-bond acceptors (Lipinski definition) is 6. The summed E-state index contributed by atoms with van der Waals surface area (Å²) in [5.41, 5.74) is 5.46. The molecule has 1 aliphatic rings. The lowest BCUT2D eigenvalue weighted by Gasteiger charge is -2.14. The summed E-state index contributed by atoms with van der Waals surface area (Å²) in [6.07, 6.45) is 0.651. The Balaban J connectivity index is 1.31. The molecule has 3 aromatic carbocycles. The number of nitrogens with zero attached hydrogens (tertiary/aromatic N) is 3. The largest absolute Gasteiger partial charge is 0.454 e. The maximum Gasteiger partial charge on any atom is 0.231 e. The van der Waals surface area contributed by atoms with Crippen molar-refractivity contribution in [2.45, 2.75) is 32.0 Å². The monoisotopic (exact) mass is 486 g/mol. The van der Waals surface area contributed by atoms with Gasteiger partial charge in [0.1, 0.15) is 5.82 Å². The molecule has 1 N–H and O–H groups in total. The Morgan fingerprint density at radius 3 is 2.63 bits per heavy atom. The molecular weight excluding hydrogens is 460 g/mol. The summed E-state index contributed by atoms with van der Waals surface area (Å²) in [6, 6.07) is 22.2. The Hall–Kier alpha value is -3.78. The number of aryl methyl sites for hydroxylation is 2. The predicted octanol–water partition coefficient (Wildman–Crippen LogP) is 4.61. The highest BCUT2D eigenvalue weighted by Gasteiger charge is 2.18. The zero-order valence-corrected chi connectivity index (χ0v) is 20.5. The van der Waals surface area contributed by atoms with Crippen molar-refractivity contribution in [3.8, 4) is 17.2 Å². The fraction of sp³-hybridized carbons (Fsp3) is 0.222. The van der Waals surface area contributed by atoms with E-state index in [1.807, 2.05) is 36.4 Å². The van der Waals surface area contributed by atoms with Gasteiger partial charge in [-0.3, -0.25) is 9.36 Å². The van der Waals surface area contributed by atoms with E-state index in [-0.39, 0.29) is 18.5 Å². The van der Waals surface area contributed by atoms with Crippen molar-refractivity contribution in [2.75, 3.05) is 12.5 Å². The number of fused-ring (bicyclic) bond motifs is 1. The third-order valence-corrected chi connectivity index (χ3v) is 6.69. The van der Waals surface area contributed by atoms with E-state index in [4.69, 9.17) is 9.47 Å². The van der Waals surface area contributed by atoms with Gasteiger partial charge in [-0.05, 0) is 48.7 Å². The van der Waals surface area contributed by atoms with Crippen LogP contribution >= 0.6 is 11.8 Å². The molecule has 4 aromatic rings. The molecule has 0 saturated heterocycles. The SMILES string of the molecule is Cc1ccc(-n2c(Cc3ccccc3)nnc2SCC(=O)NCc2ccc3c(c2)OCO3)c(C)c1. The first-order valence-electron chi connectivity index (χ1n) is 11.4. The summed E-state index contributed by atoms with van der Waals surface area (Å²) in [5, 5.41) is 12.6. The van der Waals surface area contributed by atoms with Gasteiger partial charge in [0, 0.05) is 13.0 Å². The fourth-order valence-corrected chi connectivity index (χ4v) is 4.81. The van der Waals surface area contributed by atoms with Crippen molar-refractivity contribution >= 4 is 17.7 Å². The number of amides is 1. The Morgan fingerprint density at radius 1 is 0.971 bits per heavy atom. The highest BCUT2D eigenvalue weighted by Crippen LogP contribution is 2.32. The zero-order chi connectivity index (χ0) is 24.2. The molecule has 0 radical (unpaired) electrons. The Labute approximate surface area is 208 Å².